The number of nitrogens with zero attached hydrogens (tertiary/aromatic N) is 4. The van der Waals surface area contributed by atoms with Crippen LogP contribution in [0.2, 0.25) is 0 Å². The van der Waals surface area contributed by atoms with E-state index in [-0.39, 0.29) is 24.9 Å². The van der Waals surface area contributed by atoms with Gasteiger partial charge >= 0.3 is 0 Å². The third-order valence-corrected chi connectivity index (χ3v) is 5.72. The first-order chi connectivity index (χ1) is 13.6. The molecular weight excluding hydrogens is 354 g/mol. The topological polar surface area (TPSA) is 63.6 Å². The highest BCUT2D eigenvalue weighted by atomic mass is 16.5. The van der Waals surface area contributed by atoms with E-state index >= 15 is 0 Å². The van der Waals surface area contributed by atoms with Gasteiger partial charge in [0.1, 0.15) is 30.1 Å². The summed E-state index contributed by atoms with van der Waals surface area (Å²) in [5.41, 5.74) is 0.875. The summed E-state index contributed by atoms with van der Waals surface area (Å²) in [6.45, 7) is 6.05. The third kappa shape index (κ3) is 3.42. The van der Waals surface area contributed by atoms with Gasteiger partial charge in [-0.25, -0.2) is 4.99 Å². The number of likely N-dealkylation sites (tertiary alicyclic amines) is 1. The first-order valence-electron chi connectivity index (χ1n) is 9.85. The van der Waals surface area contributed by atoms with Crippen molar-refractivity contribution < 1.29 is 9.84 Å². The first-order valence-corrected chi connectivity index (χ1v) is 9.85. The summed E-state index contributed by atoms with van der Waals surface area (Å²) in [5, 5.41) is 12.9. The predicted octanol–water partition coefficient (Wildman–Crippen LogP) is 1.56. The Morgan fingerprint density at radius 1 is 1.36 bits per heavy atom. The van der Waals surface area contributed by atoms with Crippen LogP contribution in [0, 0.1) is 5.92 Å². The average Bonchev–Trinajstić information content (AvgIpc) is 3.37. The zero-order chi connectivity index (χ0) is 19.7. The quantitative estimate of drug-likeness (QED) is 0.751. The Labute approximate surface area is 166 Å². The summed E-state index contributed by atoms with van der Waals surface area (Å²) in [4.78, 5) is 10.7. The minimum atomic E-state index is -0.281. The molecule has 0 aromatic heterocycles. The molecule has 0 spiro atoms. The fourth-order valence-corrected chi connectivity index (χ4v) is 4.09. The van der Waals surface area contributed by atoms with Crippen molar-refractivity contribution in [1.82, 2.24) is 20.0 Å². The Morgan fingerprint density at radius 3 is 2.82 bits per heavy atom. The van der Waals surface area contributed by atoms with Crippen molar-refractivity contribution in [3.8, 4) is 0 Å². The highest BCUT2D eigenvalue weighted by Gasteiger charge is 2.36. The summed E-state index contributed by atoms with van der Waals surface area (Å²) in [6, 6.07) is 0. The predicted molar refractivity (Wildman–Crippen MR) is 110 cm³/mol. The Balaban J connectivity index is 1.56. The van der Waals surface area contributed by atoms with E-state index in [1.165, 1.54) is 12.8 Å². The molecule has 0 radical (unpaired) electrons. The van der Waals surface area contributed by atoms with Crippen LogP contribution in [-0.4, -0.2) is 71.8 Å². The Kier molecular flexibility index (Phi) is 5.17. The fourth-order valence-electron chi connectivity index (χ4n) is 4.09. The molecule has 1 aliphatic carbocycles. The van der Waals surface area contributed by atoms with Crippen molar-refractivity contribution in [1.29, 1.82) is 0 Å². The van der Waals surface area contributed by atoms with Crippen molar-refractivity contribution in [2.75, 3.05) is 33.9 Å². The maximum absolute atomic E-state index is 9.47. The Morgan fingerprint density at radius 2 is 2.11 bits per heavy atom. The lowest BCUT2D eigenvalue weighted by atomic mass is 9.99. The van der Waals surface area contributed by atoms with Crippen molar-refractivity contribution in [2.45, 2.75) is 25.1 Å². The normalized spacial score (nSPS) is 30.0. The number of nitrogens with one attached hydrogen (secondary N) is 1. The molecule has 0 bridgehead atoms. The number of likely N-dealkylation sites (N-methyl/N-ethyl adjacent to an activating group) is 2. The zero-order valence-electron chi connectivity index (χ0n) is 16.6. The van der Waals surface area contributed by atoms with Gasteiger partial charge in [0, 0.05) is 39.3 Å². The van der Waals surface area contributed by atoms with Gasteiger partial charge in [0.25, 0.3) is 0 Å². The van der Waals surface area contributed by atoms with Gasteiger partial charge in [-0.2, -0.15) is 0 Å². The second-order valence-electron chi connectivity index (χ2n) is 7.54. The van der Waals surface area contributed by atoms with Crippen molar-refractivity contribution in [3.05, 3.63) is 60.4 Å². The van der Waals surface area contributed by atoms with Crippen LogP contribution >= 0.6 is 0 Å². The lowest BCUT2D eigenvalue weighted by molar-refractivity contribution is 0.120. The van der Waals surface area contributed by atoms with E-state index < -0.39 is 0 Å². The van der Waals surface area contributed by atoms with Crippen molar-refractivity contribution in [2.24, 2.45) is 10.9 Å². The fraction of sp³-hybridized carbons (Fsp3) is 0.476. The molecule has 3 unspecified atom stereocenters. The molecule has 7 heteroatoms. The summed E-state index contributed by atoms with van der Waals surface area (Å²) in [6.07, 6.45) is 14.8. The van der Waals surface area contributed by atoms with E-state index in [1.54, 1.807) is 0 Å². The maximum atomic E-state index is 9.47. The number of aliphatic hydroxyl groups excluding tert-OH is 1. The van der Waals surface area contributed by atoms with Crippen LogP contribution in [-0.2, 0) is 4.74 Å². The summed E-state index contributed by atoms with van der Waals surface area (Å²) < 4.78 is 6.16. The van der Waals surface area contributed by atoms with Crippen LogP contribution in [0.3, 0.4) is 0 Å². The van der Waals surface area contributed by atoms with Crippen LogP contribution in [0.4, 0.5) is 0 Å². The van der Waals surface area contributed by atoms with Crippen molar-refractivity contribution >= 4 is 5.84 Å². The lowest BCUT2D eigenvalue weighted by Gasteiger charge is -2.39. The summed E-state index contributed by atoms with van der Waals surface area (Å²) in [5.74, 6) is 2.71. The number of ether oxygens (including phenoxy) is 1. The second kappa shape index (κ2) is 7.75. The average molecular weight is 383 g/mol. The third-order valence-electron chi connectivity index (χ3n) is 5.72. The molecule has 0 aromatic rings. The number of aliphatic imine (C=N–C) groups is 1. The molecule has 3 aliphatic heterocycles. The number of amidine groups is 1. The van der Waals surface area contributed by atoms with Crippen LogP contribution in [0.25, 0.3) is 0 Å². The van der Waals surface area contributed by atoms with E-state index in [4.69, 9.17) is 4.74 Å². The number of hydrogen-bond donors (Lipinski definition) is 2. The number of rotatable bonds is 5. The standard InChI is InChI=1S/C21H29N5O2/c1-15(26-10-6-7-11-26)25(3)17-13-24(2)21(23-20(17)22-14-27)19-12-16-8-4-5-9-18(16)28-19/h4-5,8-9,12-13,16,18,21,27H,1,6-7,10-11,14H2,2-3H3,(H,22,23). The van der Waals surface area contributed by atoms with Gasteiger partial charge in [-0.3, -0.25) is 0 Å². The second-order valence-corrected chi connectivity index (χ2v) is 7.54. The van der Waals surface area contributed by atoms with E-state index in [0.29, 0.717) is 5.84 Å². The highest BCUT2D eigenvalue weighted by molar-refractivity contribution is 5.99. The molecule has 28 heavy (non-hydrogen) atoms. The van der Waals surface area contributed by atoms with Crippen LogP contribution < -0.4 is 5.32 Å². The van der Waals surface area contributed by atoms with Gasteiger partial charge in [0.2, 0.25) is 0 Å². The number of allylic oxidation sites excluding steroid dienone is 2. The zero-order valence-corrected chi connectivity index (χ0v) is 16.6. The molecule has 1 fully saturated rings. The van der Waals surface area contributed by atoms with Crippen LogP contribution in [0.5, 0.6) is 0 Å². The molecule has 4 aliphatic rings. The summed E-state index contributed by atoms with van der Waals surface area (Å²) in [7, 11) is 4.00. The molecule has 3 atom stereocenters. The largest absolute Gasteiger partial charge is 0.486 e. The van der Waals surface area contributed by atoms with Gasteiger partial charge in [0.05, 0.1) is 0 Å². The minimum Gasteiger partial charge on any atom is -0.486 e. The molecule has 0 aromatic carbocycles. The van der Waals surface area contributed by atoms with Crippen molar-refractivity contribution in [3.63, 3.8) is 0 Å². The molecule has 0 saturated carbocycles. The molecule has 4 rings (SSSR count). The lowest BCUT2D eigenvalue weighted by Crippen LogP contribution is -2.52. The van der Waals surface area contributed by atoms with E-state index in [1.807, 2.05) is 31.3 Å². The molecular formula is C21H29N5O2. The SMILES string of the molecule is C=C(N1CCCC1)N(C)C1=CN(C)C(C2=CC3C=CC=CC3O2)N/C1=N/CO. The van der Waals surface area contributed by atoms with E-state index in [0.717, 1.165) is 30.4 Å². The smallest absolute Gasteiger partial charge is 0.159 e. The van der Waals surface area contributed by atoms with E-state index in [2.05, 4.69) is 51.0 Å². The van der Waals surface area contributed by atoms with Gasteiger partial charge in [-0.05, 0) is 25.0 Å². The minimum absolute atomic E-state index is 0.0522. The molecule has 7 nitrogen and oxygen atoms in total. The van der Waals surface area contributed by atoms with Crippen LogP contribution in [0.15, 0.2) is 65.4 Å². The molecule has 2 N–H and O–H groups in total. The maximum Gasteiger partial charge on any atom is 0.159 e. The molecule has 0 amide bonds. The number of hydrogen-bond acceptors (Lipinski definition) is 6. The molecule has 3 heterocycles. The monoisotopic (exact) mass is 383 g/mol. The van der Waals surface area contributed by atoms with Crippen LogP contribution in [0.1, 0.15) is 12.8 Å². The number of aliphatic hydroxyl groups is 1. The van der Waals surface area contributed by atoms with Gasteiger partial charge in [-0.15, -0.1) is 0 Å². The molecule has 150 valence electrons. The number of fused-ring (bicyclic) bond motifs is 1. The highest BCUT2D eigenvalue weighted by Crippen LogP contribution is 2.32. The van der Waals surface area contributed by atoms with Gasteiger partial charge in [-0.1, -0.05) is 24.8 Å². The first kappa shape index (κ1) is 18.7. The van der Waals surface area contributed by atoms with E-state index in [9.17, 15) is 5.11 Å². The summed E-state index contributed by atoms with van der Waals surface area (Å²) >= 11 is 0. The van der Waals surface area contributed by atoms with Gasteiger partial charge in [0.15, 0.2) is 12.0 Å². The Hall–Kier alpha value is -2.67. The Bertz CT molecular complexity index is 776. The molecule has 1 saturated heterocycles. The van der Waals surface area contributed by atoms with Gasteiger partial charge < -0.3 is 29.9 Å².